The maximum absolute atomic E-state index is 14.4. The van der Waals surface area contributed by atoms with Crippen LogP contribution in [0.2, 0.25) is 0 Å². The Labute approximate surface area is 386 Å². The number of benzene rings is 1. The van der Waals surface area contributed by atoms with Gasteiger partial charge in [0.05, 0.1) is 29.5 Å². The molecule has 362 valence electrons. The number of nitrogens with zero attached hydrogens (tertiary/aromatic N) is 7. The molecule has 66 heavy (non-hydrogen) atoms. The number of hydrogen-bond acceptors (Lipinski definition) is 16. The summed E-state index contributed by atoms with van der Waals surface area (Å²) >= 11 is 0. The second-order valence-corrected chi connectivity index (χ2v) is 18.9. The van der Waals surface area contributed by atoms with Crippen LogP contribution in [-0.2, 0) is 50.9 Å². The van der Waals surface area contributed by atoms with Crippen molar-refractivity contribution >= 4 is 23.6 Å². The van der Waals surface area contributed by atoms with Gasteiger partial charge in [0, 0.05) is 68.0 Å². The van der Waals surface area contributed by atoms with Gasteiger partial charge in [-0.3, -0.25) is 14.4 Å². The highest BCUT2D eigenvalue weighted by Crippen LogP contribution is 2.42. The van der Waals surface area contributed by atoms with Gasteiger partial charge in [0.2, 0.25) is 0 Å². The zero-order valence-electron chi connectivity index (χ0n) is 39.7. The number of cyclic esters (lactones) is 1. The van der Waals surface area contributed by atoms with Crippen LogP contribution in [-0.4, -0.2) is 145 Å². The number of aliphatic hydroxyl groups is 1. The molecule has 3 aliphatic heterocycles. The topological polar surface area (TPSA) is 224 Å². The predicted octanol–water partition coefficient (Wildman–Crippen LogP) is 4.48. The highest BCUT2D eigenvalue weighted by atomic mass is 19.1. The van der Waals surface area contributed by atoms with Crippen molar-refractivity contribution in [2.75, 3.05) is 27.4 Å². The van der Waals surface area contributed by atoms with Crippen molar-refractivity contribution in [3.63, 3.8) is 0 Å². The number of hydrazine groups is 1. The van der Waals surface area contributed by atoms with E-state index in [1.54, 1.807) is 64.8 Å². The lowest BCUT2D eigenvalue weighted by Gasteiger charge is -2.47. The fraction of sp³-hybridized carbons (Fsp3) is 0.660. The largest absolute Gasteiger partial charge is 0.458 e. The lowest BCUT2D eigenvalue weighted by molar-refractivity contribution is -0.296. The van der Waals surface area contributed by atoms with Crippen molar-refractivity contribution in [1.82, 2.24) is 34.9 Å². The number of Topliss-reactive ketones (excluding diaryl/α,β-unsaturated/α-hetero) is 2. The summed E-state index contributed by atoms with van der Waals surface area (Å²) < 4.78 is 46.8. The minimum Gasteiger partial charge on any atom is -0.458 e. The van der Waals surface area contributed by atoms with E-state index in [1.807, 2.05) is 43.1 Å². The molecule has 0 saturated carbocycles. The zero-order valence-corrected chi connectivity index (χ0v) is 39.7. The van der Waals surface area contributed by atoms with E-state index < -0.39 is 108 Å². The number of ether oxygens (including phenoxy) is 5. The predicted molar refractivity (Wildman–Crippen MR) is 238 cm³/mol. The molecule has 0 spiro atoms. The summed E-state index contributed by atoms with van der Waals surface area (Å²) in [7, 11) is 3.32. The summed E-state index contributed by atoms with van der Waals surface area (Å²) in [5, 5.41) is 21.5. The molecule has 3 aromatic rings. The lowest BCUT2D eigenvalue weighted by atomic mass is 9.73. The normalized spacial score (nSPS) is 34.2. The number of esters is 1. The number of aliphatic hydroxyl groups excluding tert-OH is 1. The van der Waals surface area contributed by atoms with Crippen LogP contribution in [0.25, 0.3) is 11.1 Å². The fourth-order valence-corrected chi connectivity index (χ4v) is 10.2. The number of hydrogen-bond donors (Lipinski definition) is 2. The molecule has 1 aromatic carbocycles. The second kappa shape index (κ2) is 21.0. The SMILES string of the molecule is CC[C@H]1OC(=O)[C@H](C)C(=O)[C@H](C)[C@@H](O[C@@H]2O[C@H](C)C[C@H](N(C)CCc3cn([C@H](CF)Cc4ccc(-c5cncnc5)cc4)nn3)[C@H]2O)[C@](C)(OC)C[C@@H](C)C(=O)[C@H](C)[C@@H]2N(N)C(=O)O[C@@]21C. The zero-order chi connectivity index (χ0) is 48.2. The first-order valence-electron chi connectivity index (χ1n) is 22.9. The first-order chi connectivity index (χ1) is 31.3. The van der Waals surface area contributed by atoms with Gasteiger partial charge in [-0.25, -0.2) is 34.7 Å². The van der Waals surface area contributed by atoms with Gasteiger partial charge in [0.15, 0.2) is 17.7 Å². The Bertz CT molecular complexity index is 2150. The van der Waals surface area contributed by atoms with Crippen molar-refractivity contribution in [2.24, 2.45) is 29.5 Å². The van der Waals surface area contributed by atoms with Crippen LogP contribution in [0.5, 0.6) is 0 Å². The van der Waals surface area contributed by atoms with Gasteiger partial charge < -0.3 is 33.7 Å². The third-order valence-corrected chi connectivity index (χ3v) is 14.2. The Kier molecular flexibility index (Phi) is 16.1. The van der Waals surface area contributed by atoms with Crippen LogP contribution in [0, 0.1) is 23.7 Å². The summed E-state index contributed by atoms with van der Waals surface area (Å²) in [6.45, 7) is 13.2. The summed E-state index contributed by atoms with van der Waals surface area (Å²) in [6, 6.07) is 5.78. The maximum atomic E-state index is 14.4. The van der Waals surface area contributed by atoms with E-state index in [0.717, 1.165) is 21.7 Å². The molecule has 0 bridgehead atoms. The van der Waals surface area contributed by atoms with E-state index in [9.17, 15) is 28.7 Å². The molecule has 19 heteroatoms. The molecule has 5 heterocycles. The number of carbonyl (C=O) groups is 4. The molecule has 3 fully saturated rings. The molecular formula is C47H67FN8O10. The van der Waals surface area contributed by atoms with E-state index >= 15 is 0 Å². The Morgan fingerprint density at radius 3 is 2.33 bits per heavy atom. The minimum atomic E-state index is -1.50. The third-order valence-electron chi connectivity index (χ3n) is 14.2. The van der Waals surface area contributed by atoms with E-state index in [1.165, 1.54) is 20.4 Å². The number of likely N-dealkylation sites (N-methyl/N-ethyl adjacent to an activating group) is 1. The molecule has 2 aromatic heterocycles. The molecular weight excluding hydrogens is 856 g/mol. The van der Waals surface area contributed by atoms with Crippen LogP contribution in [0.3, 0.4) is 0 Å². The molecule has 6 rings (SSSR count). The van der Waals surface area contributed by atoms with Crippen LogP contribution in [0.1, 0.15) is 92.0 Å². The first kappa shape index (κ1) is 50.6. The summed E-state index contributed by atoms with van der Waals surface area (Å²) in [4.78, 5) is 65.6. The van der Waals surface area contributed by atoms with Gasteiger partial charge in [0.1, 0.15) is 43.0 Å². The number of rotatable bonds is 13. The Hall–Kier alpha value is -4.79. The molecule has 3 aliphatic rings. The molecule has 0 aliphatic carbocycles. The summed E-state index contributed by atoms with van der Waals surface area (Å²) in [6.07, 6.45) is 2.36. The van der Waals surface area contributed by atoms with E-state index in [0.29, 0.717) is 31.5 Å². The number of carbonyl (C=O) groups excluding carboxylic acids is 4. The lowest BCUT2D eigenvalue weighted by Crippen LogP contribution is -2.61. The van der Waals surface area contributed by atoms with Gasteiger partial charge >= 0.3 is 12.1 Å². The van der Waals surface area contributed by atoms with Gasteiger partial charge in [-0.2, -0.15) is 0 Å². The highest BCUT2D eigenvalue weighted by molar-refractivity contribution is 6.00. The third kappa shape index (κ3) is 10.5. The smallest absolute Gasteiger partial charge is 0.425 e. The second-order valence-electron chi connectivity index (χ2n) is 18.9. The molecule has 0 unspecified atom stereocenters. The van der Waals surface area contributed by atoms with Crippen LogP contribution in [0.15, 0.2) is 49.2 Å². The van der Waals surface area contributed by atoms with E-state index in [-0.39, 0.29) is 18.6 Å². The number of aromatic nitrogens is 5. The quantitative estimate of drug-likeness (QED) is 0.104. The number of halogens is 1. The van der Waals surface area contributed by atoms with Crippen molar-refractivity contribution in [3.05, 3.63) is 60.4 Å². The molecule has 14 atom stereocenters. The first-order valence-corrected chi connectivity index (χ1v) is 22.9. The van der Waals surface area contributed by atoms with Gasteiger partial charge in [-0.15, -0.1) is 5.10 Å². The molecule has 1 amide bonds. The highest BCUT2D eigenvalue weighted by Gasteiger charge is 2.60. The number of nitrogens with two attached hydrogens (primary N) is 1. The van der Waals surface area contributed by atoms with Crippen LogP contribution >= 0.6 is 0 Å². The van der Waals surface area contributed by atoms with Crippen molar-refractivity contribution in [3.8, 4) is 11.1 Å². The number of fused-ring (bicyclic) bond motifs is 1. The van der Waals surface area contributed by atoms with Gasteiger partial charge in [-0.05, 0) is 71.6 Å². The van der Waals surface area contributed by atoms with Crippen molar-refractivity contribution in [2.45, 2.75) is 148 Å². The van der Waals surface area contributed by atoms with Crippen molar-refractivity contribution < 1.29 is 52.4 Å². The molecule has 18 nitrogen and oxygen atoms in total. The monoisotopic (exact) mass is 922 g/mol. The number of methoxy groups -OCH3 is 1. The van der Waals surface area contributed by atoms with Crippen LogP contribution < -0.4 is 5.84 Å². The van der Waals surface area contributed by atoms with Crippen LogP contribution in [0.4, 0.5) is 9.18 Å². The van der Waals surface area contributed by atoms with E-state index in [2.05, 4.69) is 20.3 Å². The van der Waals surface area contributed by atoms with Gasteiger partial charge in [-0.1, -0.05) is 57.2 Å². The Balaban J connectivity index is 1.17. The standard InChI is InChI=1S/C47H67FN8O10/c1-11-37-47(8)41(56(49)45(61)66-47)28(4)38(57)26(2)20-46(7,62-10)42(29(5)39(58)30(6)43(60)64-37)65-44-40(59)36(18-27(3)63-44)54(9)17-16-34-24-55(53-52-34)35(21-48)19-31-12-14-32(15-13-31)33-22-50-25-51-23-33/h12-15,22-30,35-37,40-42,44,59H,11,16-21,49H2,1-10H3/t26-,27-,28+,29+,30-,35+,36+,37-,40-,41+,42-,44+,46-,47-/m1/s1. The number of alkyl halides is 1. The molecule has 3 saturated heterocycles. The van der Waals surface area contributed by atoms with Gasteiger partial charge in [0.25, 0.3) is 0 Å². The van der Waals surface area contributed by atoms with Crippen molar-refractivity contribution in [1.29, 1.82) is 0 Å². The molecule has 3 N–H and O–H groups in total. The summed E-state index contributed by atoms with van der Waals surface area (Å²) in [5.74, 6) is 0.707. The average molecular weight is 923 g/mol. The Morgan fingerprint density at radius 2 is 1.70 bits per heavy atom. The number of amides is 1. The molecule has 0 radical (unpaired) electrons. The number of ketones is 2. The summed E-state index contributed by atoms with van der Waals surface area (Å²) in [5.41, 5.74) is 0.580. The van der Waals surface area contributed by atoms with E-state index in [4.69, 9.17) is 29.5 Å². The Morgan fingerprint density at radius 1 is 1.02 bits per heavy atom. The average Bonchev–Trinajstić information content (AvgIpc) is 3.88. The minimum absolute atomic E-state index is 0.0514. The maximum Gasteiger partial charge on any atom is 0.425 e. The fourth-order valence-electron chi connectivity index (χ4n) is 10.2.